The summed E-state index contributed by atoms with van der Waals surface area (Å²) in [5.74, 6) is 2.01. The lowest BCUT2D eigenvalue weighted by Gasteiger charge is -2.06. The van der Waals surface area contributed by atoms with E-state index in [9.17, 15) is 0 Å². The zero-order chi connectivity index (χ0) is 9.68. The van der Waals surface area contributed by atoms with Gasteiger partial charge in [-0.3, -0.25) is 0 Å². The Kier molecular flexibility index (Phi) is 4.02. The van der Waals surface area contributed by atoms with Crippen molar-refractivity contribution in [3.05, 3.63) is 18.3 Å². The van der Waals surface area contributed by atoms with Crippen LogP contribution in [0, 0.1) is 5.92 Å². The van der Waals surface area contributed by atoms with Crippen molar-refractivity contribution in [1.29, 1.82) is 0 Å². The maximum absolute atomic E-state index is 4.17. The second-order valence-corrected chi connectivity index (χ2v) is 3.89. The van der Waals surface area contributed by atoms with Crippen LogP contribution in [-0.4, -0.2) is 22.8 Å². The van der Waals surface area contributed by atoms with Crippen LogP contribution in [0.4, 0.5) is 5.95 Å². The molecular formula is C9H14N3S. The summed E-state index contributed by atoms with van der Waals surface area (Å²) in [6.07, 6.45) is 5.66. The molecule has 0 aliphatic rings. The minimum Gasteiger partial charge on any atom is -0.354 e. The first kappa shape index (κ1) is 10.3. The monoisotopic (exact) mass is 196 g/mol. The molecule has 4 heteroatoms. The second kappa shape index (κ2) is 5.07. The van der Waals surface area contributed by atoms with Crippen LogP contribution < -0.4 is 5.32 Å². The molecule has 0 unspecified atom stereocenters. The van der Waals surface area contributed by atoms with Crippen molar-refractivity contribution in [2.24, 2.45) is 0 Å². The van der Waals surface area contributed by atoms with Crippen LogP contribution in [0.2, 0.25) is 0 Å². The first-order chi connectivity index (χ1) is 6.22. The molecule has 0 amide bonds. The number of anilines is 1. The molecule has 0 bridgehead atoms. The third-order valence-corrected chi connectivity index (χ3v) is 2.15. The fourth-order valence-corrected chi connectivity index (χ4v) is 1.08. The molecule has 0 saturated carbocycles. The lowest BCUT2D eigenvalue weighted by atomic mass is 10.2. The Hall–Kier alpha value is -0.770. The first-order valence-corrected chi connectivity index (χ1v) is 5.34. The highest BCUT2D eigenvalue weighted by Gasteiger charge is 1.97. The van der Waals surface area contributed by atoms with Crippen molar-refractivity contribution in [3.63, 3.8) is 0 Å². The summed E-state index contributed by atoms with van der Waals surface area (Å²) >= 11 is 1.64. The van der Waals surface area contributed by atoms with Gasteiger partial charge >= 0.3 is 0 Å². The van der Waals surface area contributed by atoms with E-state index in [-0.39, 0.29) is 0 Å². The van der Waals surface area contributed by atoms with Crippen LogP contribution >= 0.6 is 11.8 Å². The Balaban J connectivity index is 2.49. The van der Waals surface area contributed by atoms with Gasteiger partial charge in [-0.05, 0) is 12.2 Å². The van der Waals surface area contributed by atoms with Gasteiger partial charge in [-0.2, -0.15) is 0 Å². The van der Waals surface area contributed by atoms with Gasteiger partial charge in [0.1, 0.15) is 0 Å². The molecule has 1 heterocycles. The molecule has 1 radical (unpaired) electrons. The largest absolute Gasteiger partial charge is 0.354 e. The van der Waals surface area contributed by atoms with E-state index in [2.05, 4.69) is 29.1 Å². The molecule has 1 rings (SSSR count). The van der Waals surface area contributed by atoms with Crippen LogP contribution in [-0.2, 0) is 0 Å². The molecular weight excluding hydrogens is 182 g/mol. The highest BCUT2D eigenvalue weighted by molar-refractivity contribution is 7.98. The third-order valence-electron chi connectivity index (χ3n) is 1.46. The quantitative estimate of drug-likeness (QED) is 0.749. The SMILES string of the molecule is CSc1cnc(NC[C](C)C)nc1. The highest BCUT2D eigenvalue weighted by atomic mass is 32.2. The Morgan fingerprint density at radius 3 is 2.46 bits per heavy atom. The number of aromatic nitrogens is 2. The average molecular weight is 196 g/mol. The molecule has 0 saturated heterocycles. The van der Waals surface area contributed by atoms with E-state index in [1.54, 1.807) is 11.8 Å². The molecule has 0 aliphatic carbocycles. The summed E-state index contributed by atoms with van der Waals surface area (Å²) in [7, 11) is 0. The summed E-state index contributed by atoms with van der Waals surface area (Å²) in [5, 5.41) is 3.13. The number of rotatable bonds is 4. The zero-order valence-corrected chi connectivity index (χ0v) is 8.98. The first-order valence-electron chi connectivity index (χ1n) is 4.11. The fourth-order valence-electron chi connectivity index (χ4n) is 0.769. The maximum atomic E-state index is 4.17. The molecule has 1 aromatic heterocycles. The standard InChI is InChI=1S/C9H14N3S/c1-7(2)4-10-9-11-5-8(13-3)6-12-9/h5-6H,4H2,1-3H3,(H,10,11,12). The Bertz CT molecular complexity index is 246. The van der Waals surface area contributed by atoms with E-state index < -0.39 is 0 Å². The van der Waals surface area contributed by atoms with Crippen LogP contribution in [0.3, 0.4) is 0 Å². The van der Waals surface area contributed by atoms with Crippen LogP contribution in [0.5, 0.6) is 0 Å². The molecule has 1 aromatic rings. The highest BCUT2D eigenvalue weighted by Crippen LogP contribution is 2.11. The normalized spacial score (nSPS) is 10.5. The van der Waals surface area contributed by atoms with Gasteiger partial charge in [0.15, 0.2) is 0 Å². The fraction of sp³-hybridized carbons (Fsp3) is 0.444. The molecule has 0 atom stereocenters. The summed E-state index contributed by atoms with van der Waals surface area (Å²) in [6.45, 7) is 4.98. The van der Waals surface area contributed by atoms with Crippen molar-refractivity contribution in [1.82, 2.24) is 9.97 Å². The molecule has 0 aromatic carbocycles. The van der Waals surface area contributed by atoms with E-state index in [4.69, 9.17) is 0 Å². The van der Waals surface area contributed by atoms with E-state index in [1.165, 1.54) is 5.92 Å². The molecule has 71 valence electrons. The van der Waals surface area contributed by atoms with Gasteiger partial charge < -0.3 is 5.32 Å². The van der Waals surface area contributed by atoms with E-state index in [0.717, 1.165) is 11.4 Å². The molecule has 0 spiro atoms. The van der Waals surface area contributed by atoms with Crippen molar-refractivity contribution in [2.75, 3.05) is 18.1 Å². The number of hydrogen-bond donors (Lipinski definition) is 1. The van der Waals surface area contributed by atoms with E-state index in [0.29, 0.717) is 5.95 Å². The van der Waals surface area contributed by atoms with Crippen LogP contribution in [0.1, 0.15) is 13.8 Å². The van der Waals surface area contributed by atoms with Crippen LogP contribution in [0.25, 0.3) is 0 Å². The maximum Gasteiger partial charge on any atom is 0.222 e. The Morgan fingerprint density at radius 1 is 1.38 bits per heavy atom. The minimum absolute atomic E-state index is 0.694. The summed E-state index contributed by atoms with van der Waals surface area (Å²) < 4.78 is 0. The van der Waals surface area contributed by atoms with Gasteiger partial charge in [-0.25, -0.2) is 9.97 Å². The van der Waals surface area contributed by atoms with Gasteiger partial charge in [-0.15, -0.1) is 11.8 Å². The molecule has 0 fully saturated rings. The van der Waals surface area contributed by atoms with E-state index in [1.807, 2.05) is 18.6 Å². The topological polar surface area (TPSA) is 37.8 Å². The van der Waals surface area contributed by atoms with Crippen molar-refractivity contribution in [3.8, 4) is 0 Å². The Morgan fingerprint density at radius 2 is 2.00 bits per heavy atom. The predicted octanol–water partition coefficient (Wildman–Crippen LogP) is 2.22. The number of nitrogens with zero attached hydrogens (tertiary/aromatic N) is 2. The summed E-state index contributed by atoms with van der Waals surface area (Å²) in [4.78, 5) is 9.42. The number of thioether (sulfide) groups is 1. The zero-order valence-electron chi connectivity index (χ0n) is 8.16. The third kappa shape index (κ3) is 3.63. The minimum atomic E-state index is 0.694. The lowest BCUT2D eigenvalue weighted by Crippen LogP contribution is -2.08. The van der Waals surface area contributed by atoms with Gasteiger partial charge in [0.2, 0.25) is 5.95 Å². The van der Waals surface area contributed by atoms with Crippen molar-refractivity contribution >= 4 is 17.7 Å². The van der Waals surface area contributed by atoms with Gasteiger partial charge in [-0.1, -0.05) is 13.8 Å². The van der Waals surface area contributed by atoms with Gasteiger partial charge in [0, 0.05) is 23.8 Å². The molecule has 13 heavy (non-hydrogen) atoms. The Labute approximate surface area is 83.4 Å². The number of hydrogen-bond acceptors (Lipinski definition) is 4. The average Bonchev–Trinajstić information content (AvgIpc) is 2.15. The molecule has 0 aliphatic heterocycles. The van der Waals surface area contributed by atoms with Crippen LogP contribution in [0.15, 0.2) is 17.3 Å². The second-order valence-electron chi connectivity index (χ2n) is 3.01. The van der Waals surface area contributed by atoms with Crippen molar-refractivity contribution in [2.45, 2.75) is 18.7 Å². The lowest BCUT2D eigenvalue weighted by molar-refractivity contribution is 0.970. The summed E-state index contributed by atoms with van der Waals surface area (Å²) in [6, 6.07) is 0. The smallest absolute Gasteiger partial charge is 0.222 e. The van der Waals surface area contributed by atoms with Gasteiger partial charge in [0.05, 0.1) is 0 Å². The number of nitrogens with one attached hydrogen (secondary N) is 1. The van der Waals surface area contributed by atoms with Crippen molar-refractivity contribution < 1.29 is 0 Å². The van der Waals surface area contributed by atoms with Gasteiger partial charge in [0.25, 0.3) is 0 Å². The summed E-state index contributed by atoms with van der Waals surface area (Å²) in [5.41, 5.74) is 0. The molecule has 1 N–H and O–H groups in total. The predicted molar refractivity (Wildman–Crippen MR) is 56.9 cm³/mol. The molecule has 3 nitrogen and oxygen atoms in total. The van der Waals surface area contributed by atoms with E-state index >= 15 is 0 Å².